The summed E-state index contributed by atoms with van der Waals surface area (Å²) < 4.78 is 15.4. The van der Waals surface area contributed by atoms with Crippen LogP contribution in [0.15, 0.2) is 23.2 Å². The minimum atomic E-state index is -0.500. The van der Waals surface area contributed by atoms with Gasteiger partial charge in [0.25, 0.3) is 0 Å². The quantitative estimate of drug-likeness (QED) is 0.478. The highest BCUT2D eigenvalue weighted by Gasteiger charge is 2.16. The fourth-order valence-electron chi connectivity index (χ4n) is 2.02. The molecule has 1 heterocycles. The van der Waals surface area contributed by atoms with Gasteiger partial charge in [0.15, 0.2) is 17.3 Å². The molecule has 0 atom stereocenters. The van der Waals surface area contributed by atoms with Gasteiger partial charge in [-0.1, -0.05) is 0 Å². The Morgan fingerprint density at radius 1 is 1.13 bits per heavy atom. The molecule has 1 aromatic heterocycles. The molecule has 1 aromatic carbocycles. The number of ether oxygens (including phenoxy) is 3. The first-order valence-electron chi connectivity index (χ1n) is 6.85. The molecule has 0 aliphatic carbocycles. The number of benzene rings is 1. The average Bonchev–Trinajstić information content (AvgIpc) is 2.56. The molecule has 0 saturated heterocycles. The molecule has 0 aliphatic rings. The van der Waals surface area contributed by atoms with E-state index in [1.807, 2.05) is 14.1 Å². The summed E-state index contributed by atoms with van der Waals surface area (Å²) in [5, 5.41) is 0.729. The summed E-state index contributed by atoms with van der Waals surface area (Å²) >= 11 is 0. The fraction of sp³-hybridized carbons (Fsp3) is 0.312. The number of hydrogen-bond acceptors (Lipinski definition) is 6. The van der Waals surface area contributed by atoms with Gasteiger partial charge in [0.1, 0.15) is 5.56 Å². The van der Waals surface area contributed by atoms with Crippen molar-refractivity contribution < 1.29 is 19.0 Å². The van der Waals surface area contributed by atoms with E-state index in [4.69, 9.17) is 14.2 Å². The number of pyridine rings is 1. The van der Waals surface area contributed by atoms with Crippen LogP contribution < -0.4 is 9.47 Å². The monoisotopic (exact) mass is 317 g/mol. The molecule has 7 heteroatoms. The van der Waals surface area contributed by atoms with E-state index in [-0.39, 0.29) is 11.4 Å². The van der Waals surface area contributed by atoms with Crippen LogP contribution >= 0.6 is 0 Å². The number of rotatable bonds is 5. The first-order valence-corrected chi connectivity index (χ1v) is 6.85. The Morgan fingerprint density at radius 2 is 1.78 bits per heavy atom. The van der Waals surface area contributed by atoms with Gasteiger partial charge in [-0.3, -0.25) is 0 Å². The van der Waals surface area contributed by atoms with E-state index < -0.39 is 5.97 Å². The predicted octanol–water partition coefficient (Wildman–Crippen LogP) is 2.26. The number of aliphatic imine (C=N–C) groups is 1. The van der Waals surface area contributed by atoms with Crippen LogP contribution in [0.4, 0.5) is 5.82 Å². The number of hydrogen-bond donors (Lipinski definition) is 0. The van der Waals surface area contributed by atoms with E-state index >= 15 is 0 Å². The van der Waals surface area contributed by atoms with Gasteiger partial charge >= 0.3 is 5.97 Å². The van der Waals surface area contributed by atoms with Gasteiger partial charge in [0.2, 0.25) is 0 Å². The minimum Gasteiger partial charge on any atom is -0.493 e. The lowest BCUT2D eigenvalue weighted by Crippen LogP contribution is -2.08. The SMILES string of the molecule is COC(=O)c1cc2cc(OC)c(OC)cc2nc1N=CN(C)C. The van der Waals surface area contributed by atoms with Crippen molar-refractivity contribution in [3.8, 4) is 11.5 Å². The molecular formula is C16H19N3O4. The number of fused-ring (bicyclic) bond motifs is 1. The molecule has 0 aliphatic heterocycles. The first kappa shape index (κ1) is 16.5. The molecule has 0 bridgehead atoms. The summed E-state index contributed by atoms with van der Waals surface area (Å²) in [6, 6.07) is 5.18. The lowest BCUT2D eigenvalue weighted by Gasteiger charge is -2.11. The molecule has 0 radical (unpaired) electrons. The molecule has 2 aromatic rings. The second-order valence-electron chi connectivity index (χ2n) is 4.96. The van der Waals surface area contributed by atoms with E-state index in [2.05, 4.69) is 9.98 Å². The second-order valence-corrected chi connectivity index (χ2v) is 4.96. The summed E-state index contributed by atoms with van der Waals surface area (Å²) in [5.41, 5.74) is 0.923. The third kappa shape index (κ3) is 3.50. The van der Waals surface area contributed by atoms with Crippen molar-refractivity contribution in [3.05, 3.63) is 23.8 Å². The molecule has 0 fully saturated rings. The molecule has 0 N–H and O–H groups in total. The maximum absolute atomic E-state index is 12.0. The van der Waals surface area contributed by atoms with Crippen LogP contribution in [-0.4, -0.2) is 57.6 Å². The van der Waals surface area contributed by atoms with Gasteiger partial charge in [0, 0.05) is 25.5 Å². The molecule has 0 unspecified atom stereocenters. The van der Waals surface area contributed by atoms with Crippen molar-refractivity contribution in [2.24, 2.45) is 4.99 Å². The second kappa shape index (κ2) is 6.95. The highest BCUT2D eigenvalue weighted by atomic mass is 16.5. The smallest absolute Gasteiger partial charge is 0.341 e. The summed E-state index contributed by atoms with van der Waals surface area (Å²) in [4.78, 5) is 22.4. The Hall–Kier alpha value is -2.83. The number of methoxy groups -OCH3 is 3. The van der Waals surface area contributed by atoms with Crippen molar-refractivity contribution in [2.75, 3.05) is 35.4 Å². The third-order valence-corrected chi connectivity index (χ3v) is 3.12. The van der Waals surface area contributed by atoms with E-state index in [1.54, 1.807) is 43.7 Å². The summed E-state index contributed by atoms with van der Waals surface area (Å²) in [6.45, 7) is 0. The van der Waals surface area contributed by atoms with Crippen LogP contribution in [0.3, 0.4) is 0 Å². The summed E-state index contributed by atoms with van der Waals surface area (Å²) in [5.74, 6) is 0.897. The Labute approximate surface area is 134 Å². The zero-order valence-corrected chi connectivity index (χ0v) is 13.8. The fourth-order valence-corrected chi connectivity index (χ4v) is 2.02. The average molecular weight is 317 g/mol. The van der Waals surface area contributed by atoms with Gasteiger partial charge in [-0.25, -0.2) is 14.8 Å². The number of nitrogens with zero attached hydrogens (tertiary/aromatic N) is 3. The highest BCUT2D eigenvalue weighted by Crippen LogP contribution is 2.33. The zero-order chi connectivity index (χ0) is 17.0. The minimum absolute atomic E-state index is 0.283. The first-order chi connectivity index (χ1) is 11.0. The van der Waals surface area contributed by atoms with Gasteiger partial charge in [-0.15, -0.1) is 0 Å². The predicted molar refractivity (Wildman–Crippen MR) is 88.0 cm³/mol. The standard InChI is InChI=1S/C16H19N3O4/c1-19(2)9-17-15-11(16(20)23-5)6-10-7-13(21-3)14(22-4)8-12(10)18-15/h6-9H,1-5H3. The molecule has 0 amide bonds. The molecule has 23 heavy (non-hydrogen) atoms. The van der Waals surface area contributed by atoms with Crippen LogP contribution in [-0.2, 0) is 4.74 Å². The molecule has 7 nitrogen and oxygen atoms in total. The van der Waals surface area contributed by atoms with Crippen LogP contribution in [0.5, 0.6) is 11.5 Å². The number of esters is 1. The van der Waals surface area contributed by atoms with Crippen LogP contribution in [0.2, 0.25) is 0 Å². The maximum Gasteiger partial charge on any atom is 0.341 e. The van der Waals surface area contributed by atoms with E-state index in [1.165, 1.54) is 7.11 Å². The van der Waals surface area contributed by atoms with Gasteiger partial charge in [0.05, 0.1) is 33.2 Å². The Bertz CT molecular complexity index is 757. The molecule has 0 spiro atoms. The molecule has 0 saturated carbocycles. The number of carbonyl (C=O) groups is 1. The Balaban J connectivity index is 2.69. The lowest BCUT2D eigenvalue weighted by molar-refractivity contribution is 0.0601. The summed E-state index contributed by atoms with van der Waals surface area (Å²) in [7, 11) is 8.08. The van der Waals surface area contributed by atoms with Crippen molar-refractivity contribution in [2.45, 2.75) is 0 Å². The van der Waals surface area contributed by atoms with E-state index in [0.717, 1.165) is 5.39 Å². The highest BCUT2D eigenvalue weighted by molar-refractivity contribution is 5.99. The van der Waals surface area contributed by atoms with E-state index in [0.29, 0.717) is 17.0 Å². The van der Waals surface area contributed by atoms with Crippen molar-refractivity contribution >= 4 is 29.0 Å². The normalized spacial score (nSPS) is 10.8. The molecule has 122 valence electrons. The summed E-state index contributed by atoms with van der Waals surface area (Å²) in [6.07, 6.45) is 1.57. The van der Waals surface area contributed by atoms with Crippen molar-refractivity contribution in [1.29, 1.82) is 0 Å². The van der Waals surface area contributed by atoms with Crippen LogP contribution in [0, 0.1) is 0 Å². The Kier molecular flexibility index (Phi) is 5.00. The van der Waals surface area contributed by atoms with E-state index in [9.17, 15) is 4.79 Å². The topological polar surface area (TPSA) is 73.2 Å². The number of aromatic nitrogens is 1. The zero-order valence-electron chi connectivity index (χ0n) is 13.8. The van der Waals surface area contributed by atoms with Crippen LogP contribution in [0.1, 0.15) is 10.4 Å². The Morgan fingerprint density at radius 3 is 2.35 bits per heavy atom. The van der Waals surface area contributed by atoms with Gasteiger partial charge in [-0.2, -0.15) is 0 Å². The van der Waals surface area contributed by atoms with Crippen molar-refractivity contribution in [3.63, 3.8) is 0 Å². The third-order valence-electron chi connectivity index (χ3n) is 3.12. The maximum atomic E-state index is 12.0. The number of carbonyl (C=O) groups excluding carboxylic acids is 1. The lowest BCUT2D eigenvalue weighted by atomic mass is 10.1. The van der Waals surface area contributed by atoms with Crippen molar-refractivity contribution in [1.82, 2.24) is 9.88 Å². The molecule has 2 rings (SSSR count). The molecular weight excluding hydrogens is 298 g/mol. The largest absolute Gasteiger partial charge is 0.493 e. The van der Waals surface area contributed by atoms with Gasteiger partial charge in [-0.05, 0) is 12.1 Å². The van der Waals surface area contributed by atoms with Gasteiger partial charge < -0.3 is 19.1 Å². The van der Waals surface area contributed by atoms with Crippen LogP contribution in [0.25, 0.3) is 10.9 Å².